The number of hydrogen-bond donors (Lipinski definition) is 2. The van der Waals surface area contributed by atoms with Crippen LogP contribution < -0.4 is 5.73 Å². The summed E-state index contributed by atoms with van der Waals surface area (Å²) in [5, 5.41) is 19.1. The molecule has 2 heterocycles. The van der Waals surface area contributed by atoms with Crippen LogP contribution in [0.5, 0.6) is 5.75 Å². The Morgan fingerprint density at radius 3 is 2.41 bits per heavy atom. The van der Waals surface area contributed by atoms with Gasteiger partial charge in [-0.1, -0.05) is 0 Å². The Morgan fingerprint density at radius 1 is 1.15 bits per heavy atom. The van der Waals surface area contributed by atoms with E-state index in [0.717, 1.165) is 11.1 Å². The van der Waals surface area contributed by atoms with E-state index in [9.17, 15) is 10.4 Å². The van der Waals surface area contributed by atoms with Crippen molar-refractivity contribution in [1.29, 1.82) is 5.26 Å². The Hall–Kier alpha value is -3.50. The average Bonchev–Trinajstić information content (AvgIpc) is 2.69. The van der Waals surface area contributed by atoms with Gasteiger partial charge in [-0.15, -0.1) is 0 Å². The highest BCUT2D eigenvalue weighted by Crippen LogP contribution is 2.35. The summed E-state index contributed by atoms with van der Waals surface area (Å²) in [6, 6.07) is 8.81. The summed E-state index contributed by atoms with van der Waals surface area (Å²) in [5.74, 6) is 0.973. The number of nitriles is 1. The number of methoxy groups -OCH3 is 1. The zero-order valence-corrected chi connectivity index (χ0v) is 15.1. The Bertz CT molecular complexity index is 993. The van der Waals surface area contributed by atoms with Gasteiger partial charge in [-0.3, -0.25) is 0 Å². The first-order valence-electron chi connectivity index (χ1n) is 8.35. The molecular formula is C20H19N5O2. The lowest BCUT2D eigenvalue weighted by molar-refractivity contribution is 0.200. The van der Waals surface area contributed by atoms with Crippen LogP contribution in [-0.4, -0.2) is 33.8 Å². The fraction of sp³-hybridized carbons (Fsp3) is 0.200. The number of ether oxygens (including phenoxy) is 1. The predicted octanol–water partition coefficient (Wildman–Crippen LogP) is 2.86. The second kappa shape index (κ2) is 7.81. The summed E-state index contributed by atoms with van der Waals surface area (Å²) in [6.07, 6.45) is 3.97. The molecule has 0 saturated carbocycles. The number of phenols is 1. The molecule has 3 aromatic rings. The topological polar surface area (TPSA) is 118 Å². The third-order valence-electron chi connectivity index (χ3n) is 4.24. The maximum atomic E-state index is 9.59. The van der Waals surface area contributed by atoms with Gasteiger partial charge >= 0.3 is 0 Å². The standard InChI is InChI=1S/C20H19N5O2/c1-12-18(14-10-23-17(24-11-14)7-8-27-2)16(9-21)20(22)25-19(12)13-3-5-15(26)6-4-13/h3-6,10-11,26H,7-8H2,1-2H3,(H2,22,25). The fourth-order valence-corrected chi connectivity index (χ4v) is 2.87. The molecule has 0 aliphatic carbocycles. The van der Waals surface area contributed by atoms with Crippen LogP contribution in [0.4, 0.5) is 5.82 Å². The molecule has 0 radical (unpaired) electrons. The van der Waals surface area contributed by atoms with Crippen molar-refractivity contribution in [1.82, 2.24) is 15.0 Å². The largest absolute Gasteiger partial charge is 0.508 e. The Kier molecular flexibility index (Phi) is 5.29. The molecule has 3 N–H and O–H groups in total. The summed E-state index contributed by atoms with van der Waals surface area (Å²) < 4.78 is 5.04. The van der Waals surface area contributed by atoms with Crippen molar-refractivity contribution >= 4 is 5.82 Å². The van der Waals surface area contributed by atoms with Crippen LogP contribution >= 0.6 is 0 Å². The molecule has 27 heavy (non-hydrogen) atoms. The van der Waals surface area contributed by atoms with Gasteiger partial charge in [0.15, 0.2) is 0 Å². The minimum Gasteiger partial charge on any atom is -0.508 e. The minimum absolute atomic E-state index is 0.143. The zero-order chi connectivity index (χ0) is 19.4. The molecule has 0 saturated heterocycles. The van der Waals surface area contributed by atoms with Crippen LogP contribution in [0.3, 0.4) is 0 Å². The molecule has 0 aliphatic heterocycles. The van der Waals surface area contributed by atoms with E-state index in [1.165, 1.54) is 0 Å². The number of phenolic OH excluding ortho intramolecular Hbond substituents is 1. The molecule has 2 aromatic heterocycles. The Morgan fingerprint density at radius 2 is 1.81 bits per heavy atom. The van der Waals surface area contributed by atoms with Gasteiger partial charge < -0.3 is 15.6 Å². The molecule has 0 bridgehead atoms. The van der Waals surface area contributed by atoms with E-state index < -0.39 is 0 Å². The minimum atomic E-state index is 0.143. The monoisotopic (exact) mass is 361 g/mol. The number of nitrogens with two attached hydrogens (primary N) is 1. The summed E-state index contributed by atoms with van der Waals surface area (Å²) in [6.45, 7) is 2.42. The summed E-state index contributed by atoms with van der Waals surface area (Å²) in [4.78, 5) is 13.1. The summed E-state index contributed by atoms with van der Waals surface area (Å²) in [5.41, 5.74) is 9.94. The van der Waals surface area contributed by atoms with Gasteiger partial charge in [0.05, 0.1) is 12.3 Å². The van der Waals surface area contributed by atoms with Crippen molar-refractivity contribution in [2.45, 2.75) is 13.3 Å². The Balaban J connectivity index is 2.13. The van der Waals surface area contributed by atoms with Gasteiger partial charge in [0.25, 0.3) is 0 Å². The number of aromatic nitrogens is 3. The predicted molar refractivity (Wildman–Crippen MR) is 102 cm³/mol. The maximum Gasteiger partial charge on any atom is 0.142 e. The SMILES string of the molecule is COCCc1ncc(-c2c(C)c(-c3ccc(O)cc3)nc(N)c2C#N)cn1. The van der Waals surface area contributed by atoms with Crippen LogP contribution in [-0.2, 0) is 11.2 Å². The van der Waals surface area contributed by atoms with Gasteiger partial charge in [-0.05, 0) is 36.8 Å². The third-order valence-corrected chi connectivity index (χ3v) is 4.24. The van der Waals surface area contributed by atoms with Crippen molar-refractivity contribution in [2.24, 2.45) is 0 Å². The molecule has 0 spiro atoms. The summed E-state index contributed by atoms with van der Waals surface area (Å²) >= 11 is 0. The molecule has 7 nitrogen and oxygen atoms in total. The van der Waals surface area contributed by atoms with Crippen LogP contribution in [0.25, 0.3) is 22.4 Å². The van der Waals surface area contributed by atoms with Crippen LogP contribution in [0.15, 0.2) is 36.7 Å². The highest BCUT2D eigenvalue weighted by atomic mass is 16.5. The number of benzene rings is 1. The lowest BCUT2D eigenvalue weighted by Crippen LogP contribution is -2.05. The smallest absolute Gasteiger partial charge is 0.142 e. The Labute approximate surface area is 157 Å². The number of aromatic hydroxyl groups is 1. The average molecular weight is 361 g/mol. The first-order valence-corrected chi connectivity index (χ1v) is 8.35. The van der Waals surface area contributed by atoms with Crippen LogP contribution in [0, 0.1) is 18.3 Å². The van der Waals surface area contributed by atoms with Gasteiger partial charge in [0, 0.05) is 42.6 Å². The van der Waals surface area contributed by atoms with Crippen molar-refractivity contribution in [3.05, 3.63) is 53.6 Å². The fourth-order valence-electron chi connectivity index (χ4n) is 2.87. The van der Waals surface area contributed by atoms with E-state index in [1.807, 2.05) is 6.92 Å². The molecule has 3 rings (SSSR count). The van der Waals surface area contributed by atoms with E-state index in [0.29, 0.717) is 41.2 Å². The van der Waals surface area contributed by atoms with Gasteiger partial charge in [-0.25, -0.2) is 15.0 Å². The lowest BCUT2D eigenvalue weighted by atomic mass is 9.94. The molecule has 0 amide bonds. The first kappa shape index (κ1) is 18.3. The maximum absolute atomic E-state index is 9.59. The third kappa shape index (κ3) is 3.71. The van der Waals surface area contributed by atoms with Crippen LogP contribution in [0.2, 0.25) is 0 Å². The molecule has 0 unspecified atom stereocenters. The number of pyridine rings is 1. The molecule has 0 fully saturated rings. The number of rotatable bonds is 5. The number of hydrogen-bond acceptors (Lipinski definition) is 7. The van der Waals surface area contributed by atoms with E-state index >= 15 is 0 Å². The second-order valence-electron chi connectivity index (χ2n) is 6.01. The zero-order valence-electron chi connectivity index (χ0n) is 15.1. The molecule has 1 aromatic carbocycles. The van der Waals surface area contributed by atoms with E-state index in [1.54, 1.807) is 43.8 Å². The lowest BCUT2D eigenvalue weighted by Gasteiger charge is -2.15. The quantitative estimate of drug-likeness (QED) is 0.717. The first-order chi connectivity index (χ1) is 13.0. The second-order valence-corrected chi connectivity index (χ2v) is 6.01. The molecule has 0 atom stereocenters. The molecule has 0 aliphatic rings. The van der Waals surface area contributed by atoms with E-state index in [2.05, 4.69) is 21.0 Å². The normalized spacial score (nSPS) is 10.6. The van der Waals surface area contributed by atoms with Crippen molar-refractivity contribution in [2.75, 3.05) is 19.5 Å². The van der Waals surface area contributed by atoms with Crippen molar-refractivity contribution < 1.29 is 9.84 Å². The van der Waals surface area contributed by atoms with E-state index in [-0.39, 0.29) is 11.6 Å². The number of nitrogen functional groups attached to an aromatic ring is 1. The van der Waals surface area contributed by atoms with Gasteiger partial charge in [0.2, 0.25) is 0 Å². The highest BCUT2D eigenvalue weighted by Gasteiger charge is 2.19. The summed E-state index contributed by atoms with van der Waals surface area (Å²) in [7, 11) is 1.63. The van der Waals surface area contributed by atoms with Gasteiger partial charge in [-0.2, -0.15) is 5.26 Å². The number of anilines is 1. The van der Waals surface area contributed by atoms with Crippen LogP contribution in [0.1, 0.15) is 17.0 Å². The van der Waals surface area contributed by atoms with Crippen molar-refractivity contribution in [3.63, 3.8) is 0 Å². The number of nitrogens with zero attached hydrogens (tertiary/aromatic N) is 4. The van der Waals surface area contributed by atoms with Gasteiger partial charge in [0.1, 0.15) is 29.0 Å². The van der Waals surface area contributed by atoms with E-state index in [4.69, 9.17) is 10.5 Å². The molecule has 7 heteroatoms. The highest BCUT2D eigenvalue weighted by molar-refractivity contribution is 5.83. The molecule has 136 valence electrons. The van der Waals surface area contributed by atoms with Crippen molar-refractivity contribution in [3.8, 4) is 34.2 Å². The molecular weight excluding hydrogens is 342 g/mol.